The van der Waals surface area contributed by atoms with E-state index >= 15 is 0 Å². The number of rotatable bonds is 2. The largest absolute Gasteiger partial charge is 0.462 e. The van der Waals surface area contributed by atoms with Crippen LogP contribution in [0.25, 0.3) is 0 Å². The maximum Gasteiger partial charge on any atom is 0.331 e. The van der Waals surface area contributed by atoms with Crippen molar-refractivity contribution in [1.29, 1.82) is 0 Å². The van der Waals surface area contributed by atoms with Crippen LogP contribution in [0.4, 0.5) is 0 Å². The summed E-state index contributed by atoms with van der Waals surface area (Å²) in [6.07, 6.45) is 4.58. The molecule has 5 rings (SSSR count). The van der Waals surface area contributed by atoms with Gasteiger partial charge in [0.2, 0.25) is 0 Å². The van der Waals surface area contributed by atoms with Crippen molar-refractivity contribution < 1.29 is 23.9 Å². The van der Waals surface area contributed by atoms with Gasteiger partial charge in [-0.3, -0.25) is 9.59 Å². The van der Waals surface area contributed by atoms with Crippen LogP contribution in [-0.2, 0) is 23.9 Å². The van der Waals surface area contributed by atoms with Gasteiger partial charge in [0.15, 0.2) is 6.10 Å². The van der Waals surface area contributed by atoms with Crippen LogP contribution in [-0.4, -0.2) is 28.8 Å². The quantitative estimate of drug-likeness (QED) is 0.519. The fourth-order valence-corrected chi connectivity index (χ4v) is 9.10. The molecule has 3 fully saturated rings. The second-order valence-electron chi connectivity index (χ2n) is 12.1. The van der Waals surface area contributed by atoms with Crippen molar-refractivity contribution in [3.63, 3.8) is 0 Å². The smallest absolute Gasteiger partial charge is 0.331 e. The van der Waals surface area contributed by atoms with E-state index in [1.54, 1.807) is 11.6 Å². The van der Waals surface area contributed by atoms with Crippen molar-refractivity contribution in [3.05, 3.63) is 28.2 Å². The van der Waals surface area contributed by atoms with Crippen LogP contribution >= 0.6 is 11.3 Å². The molecule has 6 nitrogen and oxygen atoms in total. The van der Waals surface area contributed by atoms with Crippen molar-refractivity contribution in [2.45, 2.75) is 85.9 Å². The zero-order valence-corrected chi connectivity index (χ0v) is 21.8. The number of hydrogen-bond acceptors (Lipinski definition) is 7. The predicted octanol–water partition coefficient (Wildman–Crippen LogP) is 5.44. The van der Waals surface area contributed by atoms with E-state index in [2.05, 4.69) is 39.6 Å². The molecule has 2 heterocycles. The topological polar surface area (TPSA) is 82.6 Å². The Hall–Kier alpha value is -2.02. The Labute approximate surface area is 205 Å². The van der Waals surface area contributed by atoms with E-state index in [0.717, 1.165) is 30.5 Å². The van der Waals surface area contributed by atoms with E-state index in [4.69, 9.17) is 9.47 Å². The van der Waals surface area contributed by atoms with Gasteiger partial charge in [0.1, 0.15) is 11.9 Å². The van der Waals surface area contributed by atoms with E-state index in [1.165, 1.54) is 18.3 Å². The summed E-state index contributed by atoms with van der Waals surface area (Å²) < 4.78 is 12.0. The number of esters is 2. The molecule has 1 aromatic rings. The molecule has 3 saturated carbocycles. The minimum absolute atomic E-state index is 0.0948. The number of carbonyl (C=O) groups is 3. The Morgan fingerprint density at radius 3 is 2.53 bits per heavy atom. The molecule has 4 aliphatic rings. The molecule has 0 N–H and O–H groups in total. The van der Waals surface area contributed by atoms with Gasteiger partial charge in [-0.1, -0.05) is 34.6 Å². The standard InChI is InChI=1S/C27H35NO5S/c1-15(29)32-21-11-18-24(2,3)20(30)8-10-25(18,4)17-7-9-26(5)19(27(17,21)6)12-22(31)33-23(26)16-13-34-14-28-16/h12-14,17-18,21,23H,7-11H2,1-6H3/t17?,18?,21-,23+,25-,26-,27-/m1/s1. The first-order valence-electron chi connectivity index (χ1n) is 12.4. The third kappa shape index (κ3) is 3.04. The highest BCUT2D eigenvalue weighted by Gasteiger charge is 2.69. The first kappa shape index (κ1) is 23.7. The molecule has 2 unspecified atom stereocenters. The summed E-state index contributed by atoms with van der Waals surface area (Å²) >= 11 is 1.49. The maximum absolute atomic E-state index is 13.0. The van der Waals surface area contributed by atoms with Crippen LogP contribution in [0.1, 0.15) is 85.4 Å². The Morgan fingerprint density at radius 1 is 1.15 bits per heavy atom. The average Bonchev–Trinajstić information content (AvgIpc) is 3.28. The lowest BCUT2D eigenvalue weighted by atomic mass is 9.37. The van der Waals surface area contributed by atoms with Crippen LogP contribution in [0.15, 0.2) is 22.5 Å². The normalized spacial score (nSPS) is 43.1. The number of hydrogen-bond donors (Lipinski definition) is 0. The summed E-state index contributed by atoms with van der Waals surface area (Å²) in [5.74, 6) is -0.101. The van der Waals surface area contributed by atoms with Crippen molar-refractivity contribution in [2.75, 3.05) is 0 Å². The molecular weight excluding hydrogens is 450 g/mol. The third-order valence-electron chi connectivity index (χ3n) is 10.2. The van der Waals surface area contributed by atoms with Crippen LogP contribution in [0.3, 0.4) is 0 Å². The fraction of sp³-hybridized carbons (Fsp3) is 0.704. The molecule has 1 aromatic heterocycles. The van der Waals surface area contributed by atoms with E-state index in [9.17, 15) is 14.4 Å². The van der Waals surface area contributed by atoms with Crippen molar-refractivity contribution in [2.24, 2.45) is 33.5 Å². The third-order valence-corrected chi connectivity index (χ3v) is 10.8. The first-order chi connectivity index (χ1) is 15.8. The molecule has 0 radical (unpaired) electrons. The molecule has 7 atom stereocenters. The second-order valence-corrected chi connectivity index (χ2v) is 12.8. The lowest BCUT2D eigenvalue weighted by Crippen LogP contribution is -2.66. The van der Waals surface area contributed by atoms with Gasteiger partial charge < -0.3 is 9.47 Å². The van der Waals surface area contributed by atoms with E-state index < -0.39 is 28.5 Å². The Balaban J connectivity index is 1.68. The van der Waals surface area contributed by atoms with E-state index in [0.29, 0.717) is 18.6 Å². The van der Waals surface area contributed by atoms with Crippen LogP contribution in [0, 0.1) is 33.5 Å². The van der Waals surface area contributed by atoms with Crippen LogP contribution in [0.5, 0.6) is 0 Å². The number of ether oxygens (including phenoxy) is 2. The van der Waals surface area contributed by atoms with Crippen LogP contribution in [0.2, 0.25) is 0 Å². The minimum atomic E-state index is -0.534. The summed E-state index contributed by atoms with van der Waals surface area (Å²) in [4.78, 5) is 42.8. The summed E-state index contributed by atoms with van der Waals surface area (Å²) in [5.41, 5.74) is 2.03. The van der Waals surface area contributed by atoms with Gasteiger partial charge in [0, 0.05) is 41.0 Å². The molecule has 0 amide bonds. The van der Waals surface area contributed by atoms with E-state index in [1.807, 2.05) is 5.38 Å². The lowest BCUT2D eigenvalue weighted by Gasteiger charge is -2.68. The number of thiazole rings is 1. The average molecular weight is 486 g/mol. The fourth-order valence-electron chi connectivity index (χ4n) is 8.53. The molecule has 3 aliphatic carbocycles. The minimum Gasteiger partial charge on any atom is -0.462 e. The van der Waals surface area contributed by atoms with Gasteiger partial charge in [-0.2, -0.15) is 0 Å². The SMILES string of the molecule is CC(=O)O[C@@H]1CC2C(C)(C)C(=O)CC[C@]2(C)C2CC[C@]3(C)C(=CC(=O)O[C@H]3c3cscn3)[C@@]21C. The second kappa shape index (κ2) is 7.49. The van der Waals surface area contributed by atoms with Crippen molar-refractivity contribution in [1.82, 2.24) is 4.98 Å². The maximum atomic E-state index is 13.0. The number of aromatic nitrogens is 1. The van der Waals surface area contributed by atoms with Gasteiger partial charge in [-0.15, -0.1) is 11.3 Å². The molecule has 184 valence electrons. The molecule has 0 spiro atoms. The molecule has 0 aromatic carbocycles. The molecule has 34 heavy (non-hydrogen) atoms. The Bertz CT molecular complexity index is 1080. The Kier molecular flexibility index (Phi) is 5.22. The number of ketones is 1. The van der Waals surface area contributed by atoms with Gasteiger partial charge in [0.05, 0.1) is 11.2 Å². The highest BCUT2D eigenvalue weighted by atomic mass is 32.1. The first-order valence-corrected chi connectivity index (χ1v) is 13.3. The van der Waals surface area contributed by atoms with Gasteiger partial charge in [-0.25, -0.2) is 9.78 Å². The number of carbonyl (C=O) groups excluding carboxylic acids is 3. The number of Topliss-reactive ketones (excluding diaryl/α,β-unsaturated/α-hetero) is 1. The zero-order valence-electron chi connectivity index (χ0n) is 21.0. The highest BCUT2D eigenvalue weighted by molar-refractivity contribution is 7.07. The number of nitrogens with zero attached hydrogens (tertiary/aromatic N) is 1. The highest BCUT2D eigenvalue weighted by Crippen LogP contribution is 2.72. The lowest BCUT2D eigenvalue weighted by molar-refractivity contribution is -0.210. The predicted molar refractivity (Wildman–Crippen MR) is 128 cm³/mol. The molecule has 0 bridgehead atoms. The molecule has 0 saturated heterocycles. The molecule has 7 heteroatoms. The Morgan fingerprint density at radius 2 is 1.88 bits per heavy atom. The summed E-state index contributed by atoms with van der Waals surface area (Å²) in [6.45, 7) is 12.3. The van der Waals surface area contributed by atoms with E-state index in [-0.39, 0.29) is 29.2 Å². The van der Waals surface area contributed by atoms with Gasteiger partial charge in [0.25, 0.3) is 0 Å². The number of cyclic esters (lactones) is 1. The number of fused-ring (bicyclic) bond motifs is 5. The van der Waals surface area contributed by atoms with Crippen molar-refractivity contribution in [3.8, 4) is 0 Å². The summed E-state index contributed by atoms with van der Waals surface area (Å²) in [6, 6.07) is 0. The molecule has 1 aliphatic heterocycles. The van der Waals surface area contributed by atoms with Crippen LogP contribution < -0.4 is 0 Å². The molecular formula is C27H35NO5S. The van der Waals surface area contributed by atoms with Gasteiger partial charge >= 0.3 is 11.9 Å². The summed E-state index contributed by atoms with van der Waals surface area (Å²) in [7, 11) is 0. The van der Waals surface area contributed by atoms with Crippen molar-refractivity contribution >= 4 is 29.1 Å². The summed E-state index contributed by atoms with van der Waals surface area (Å²) in [5, 5.41) is 1.96. The van der Waals surface area contributed by atoms with Gasteiger partial charge in [-0.05, 0) is 48.5 Å². The monoisotopic (exact) mass is 485 g/mol. The zero-order chi connectivity index (χ0) is 24.7.